The van der Waals surface area contributed by atoms with Crippen LogP contribution in [0.25, 0.3) is 0 Å². The molecule has 3 aliphatic rings. The van der Waals surface area contributed by atoms with Crippen LogP contribution in [-0.4, -0.2) is 28.5 Å². The molecule has 2 fully saturated rings. The predicted molar refractivity (Wildman–Crippen MR) is 105 cm³/mol. The Morgan fingerprint density at radius 1 is 1.00 bits per heavy atom. The number of pyridine rings is 1. The molecule has 1 aliphatic heterocycles. The van der Waals surface area contributed by atoms with Gasteiger partial charge >= 0.3 is 0 Å². The van der Waals surface area contributed by atoms with Crippen LogP contribution >= 0.6 is 11.6 Å². The number of anilines is 1. The van der Waals surface area contributed by atoms with Gasteiger partial charge in [0.2, 0.25) is 0 Å². The molecule has 0 spiro atoms. The molecule has 4 nitrogen and oxygen atoms in total. The number of nitrogens with zero attached hydrogens (tertiary/aromatic N) is 3. The van der Waals surface area contributed by atoms with E-state index < -0.39 is 0 Å². The molecule has 1 N–H and O–H groups in total. The number of hydrogen-bond acceptors (Lipinski definition) is 4. The Morgan fingerprint density at radius 3 is 2.38 bits per heavy atom. The number of aromatic nitrogens is 1. The van der Waals surface area contributed by atoms with Crippen LogP contribution in [0.15, 0.2) is 0 Å². The van der Waals surface area contributed by atoms with E-state index >= 15 is 0 Å². The maximum absolute atomic E-state index is 9.67. The molecule has 140 valence electrons. The average molecular weight is 373 g/mol. The summed E-state index contributed by atoms with van der Waals surface area (Å²) in [7, 11) is 0. The van der Waals surface area contributed by atoms with Crippen LogP contribution < -0.4 is 5.32 Å². The van der Waals surface area contributed by atoms with E-state index in [1.807, 2.05) is 0 Å². The van der Waals surface area contributed by atoms with Crippen molar-refractivity contribution in [3.05, 3.63) is 21.8 Å². The second kappa shape index (κ2) is 8.15. The average Bonchev–Trinajstić information content (AvgIpc) is 2.69. The third kappa shape index (κ3) is 3.70. The van der Waals surface area contributed by atoms with Crippen LogP contribution in [0, 0.1) is 11.3 Å². The molecule has 2 saturated carbocycles. The predicted octanol–water partition coefficient (Wildman–Crippen LogP) is 5.04. The molecule has 1 aromatic rings. The van der Waals surface area contributed by atoms with Gasteiger partial charge in [-0.1, -0.05) is 50.1 Å². The number of fused-ring (bicyclic) bond motifs is 1. The molecular formula is C21H29ClN4. The van der Waals surface area contributed by atoms with E-state index in [4.69, 9.17) is 11.6 Å². The van der Waals surface area contributed by atoms with E-state index in [0.717, 1.165) is 30.9 Å². The smallest absolute Gasteiger partial charge is 0.149 e. The van der Waals surface area contributed by atoms with Gasteiger partial charge in [0.05, 0.1) is 5.56 Å². The third-order valence-electron chi connectivity index (χ3n) is 6.53. The number of rotatable bonds is 3. The van der Waals surface area contributed by atoms with Crippen molar-refractivity contribution in [1.29, 1.82) is 5.26 Å². The first kappa shape index (κ1) is 18.1. The minimum Gasteiger partial charge on any atom is -0.367 e. The van der Waals surface area contributed by atoms with E-state index in [1.165, 1.54) is 69.8 Å². The van der Waals surface area contributed by atoms with Crippen LogP contribution in [0.3, 0.4) is 0 Å². The van der Waals surface area contributed by atoms with Crippen LogP contribution in [0.1, 0.15) is 80.9 Å². The zero-order valence-corrected chi connectivity index (χ0v) is 16.3. The monoisotopic (exact) mass is 372 g/mol. The summed E-state index contributed by atoms with van der Waals surface area (Å²) in [6.45, 7) is 1.93. The van der Waals surface area contributed by atoms with E-state index in [0.29, 0.717) is 22.8 Å². The van der Waals surface area contributed by atoms with Crippen LogP contribution in [0.5, 0.6) is 0 Å². The van der Waals surface area contributed by atoms with Gasteiger partial charge < -0.3 is 5.32 Å². The summed E-state index contributed by atoms with van der Waals surface area (Å²) >= 11 is 6.43. The maximum atomic E-state index is 9.67. The van der Waals surface area contributed by atoms with E-state index in [1.54, 1.807) is 0 Å². The Labute approximate surface area is 161 Å². The van der Waals surface area contributed by atoms with Gasteiger partial charge in [0.25, 0.3) is 0 Å². The quantitative estimate of drug-likeness (QED) is 0.755. The van der Waals surface area contributed by atoms with Crippen molar-refractivity contribution in [3.63, 3.8) is 0 Å². The fraction of sp³-hybridized carbons (Fsp3) is 0.714. The Kier molecular flexibility index (Phi) is 5.66. The van der Waals surface area contributed by atoms with E-state index in [2.05, 4.69) is 21.3 Å². The Bertz CT molecular complexity index is 684. The van der Waals surface area contributed by atoms with Gasteiger partial charge in [0.15, 0.2) is 0 Å². The molecule has 26 heavy (non-hydrogen) atoms. The fourth-order valence-electron chi connectivity index (χ4n) is 5.05. The second-order valence-corrected chi connectivity index (χ2v) is 8.54. The van der Waals surface area contributed by atoms with Crippen molar-refractivity contribution < 1.29 is 0 Å². The van der Waals surface area contributed by atoms with Gasteiger partial charge in [0.1, 0.15) is 17.0 Å². The van der Waals surface area contributed by atoms with Crippen molar-refractivity contribution in [3.8, 4) is 6.07 Å². The molecule has 0 saturated heterocycles. The lowest BCUT2D eigenvalue weighted by molar-refractivity contribution is 0.141. The summed E-state index contributed by atoms with van der Waals surface area (Å²) in [5, 5.41) is 13.7. The summed E-state index contributed by atoms with van der Waals surface area (Å²) in [5.41, 5.74) is 2.96. The van der Waals surface area contributed by atoms with Gasteiger partial charge in [-0.2, -0.15) is 5.26 Å². The van der Waals surface area contributed by atoms with Crippen molar-refractivity contribution in [1.82, 2.24) is 9.88 Å². The van der Waals surface area contributed by atoms with Gasteiger partial charge in [-0.15, -0.1) is 0 Å². The second-order valence-electron chi connectivity index (χ2n) is 8.19. The zero-order valence-electron chi connectivity index (χ0n) is 15.6. The topological polar surface area (TPSA) is 52.0 Å². The third-order valence-corrected chi connectivity index (χ3v) is 6.80. The largest absolute Gasteiger partial charge is 0.367 e. The highest BCUT2D eigenvalue weighted by Crippen LogP contribution is 2.35. The number of hydrogen-bond donors (Lipinski definition) is 1. The Balaban J connectivity index is 1.60. The first-order valence-corrected chi connectivity index (χ1v) is 10.8. The molecule has 4 rings (SSSR count). The van der Waals surface area contributed by atoms with Crippen molar-refractivity contribution >= 4 is 17.4 Å². The van der Waals surface area contributed by atoms with E-state index in [9.17, 15) is 5.26 Å². The van der Waals surface area contributed by atoms with Crippen LogP contribution in [0.2, 0.25) is 5.15 Å². The number of halogens is 1. The fourth-order valence-corrected chi connectivity index (χ4v) is 5.29. The molecule has 2 heterocycles. The molecule has 0 unspecified atom stereocenters. The number of nitriles is 1. The molecule has 0 radical (unpaired) electrons. The molecule has 0 atom stereocenters. The van der Waals surface area contributed by atoms with E-state index in [-0.39, 0.29) is 0 Å². The Hall–Kier alpha value is -1.31. The summed E-state index contributed by atoms with van der Waals surface area (Å²) in [6.07, 6.45) is 14.0. The minimum absolute atomic E-state index is 0.370. The highest BCUT2D eigenvalue weighted by Gasteiger charge is 2.30. The van der Waals surface area contributed by atoms with Gasteiger partial charge in [-0.25, -0.2) is 4.98 Å². The first-order chi connectivity index (χ1) is 12.8. The molecule has 0 bridgehead atoms. The molecule has 1 aromatic heterocycles. The highest BCUT2D eigenvalue weighted by molar-refractivity contribution is 6.30. The highest BCUT2D eigenvalue weighted by atomic mass is 35.5. The normalized spacial score (nSPS) is 22.6. The van der Waals surface area contributed by atoms with Crippen molar-refractivity contribution in [2.75, 3.05) is 11.9 Å². The van der Waals surface area contributed by atoms with Crippen LogP contribution in [0.4, 0.5) is 5.82 Å². The summed E-state index contributed by atoms with van der Waals surface area (Å²) in [6, 6.07) is 3.50. The Morgan fingerprint density at radius 2 is 1.69 bits per heavy atom. The lowest BCUT2D eigenvalue weighted by atomic mass is 9.90. The van der Waals surface area contributed by atoms with Crippen molar-refractivity contribution in [2.45, 2.75) is 89.3 Å². The minimum atomic E-state index is 0.370. The molecule has 0 aromatic carbocycles. The lowest BCUT2D eigenvalue weighted by Crippen LogP contribution is -2.41. The molecule has 0 amide bonds. The van der Waals surface area contributed by atoms with Gasteiger partial charge in [-0.05, 0) is 37.7 Å². The maximum Gasteiger partial charge on any atom is 0.149 e. The summed E-state index contributed by atoms with van der Waals surface area (Å²) in [5.74, 6) is 0.944. The molecule has 5 heteroatoms. The summed E-state index contributed by atoms with van der Waals surface area (Å²) in [4.78, 5) is 7.19. The van der Waals surface area contributed by atoms with Crippen molar-refractivity contribution in [2.24, 2.45) is 0 Å². The van der Waals surface area contributed by atoms with Gasteiger partial charge in [0, 0.05) is 30.7 Å². The molecule has 2 aliphatic carbocycles. The standard InChI is InChI=1S/C21H29ClN4/c22-20-18(13-23)19-14-26(16-9-5-2-6-10-16)12-11-17(19)21(25-20)24-15-7-3-1-4-8-15/h15-16H,1-12,14H2,(H,24,25). The first-order valence-electron chi connectivity index (χ1n) is 10.4. The summed E-state index contributed by atoms with van der Waals surface area (Å²) < 4.78 is 0. The zero-order chi connectivity index (χ0) is 17.9. The SMILES string of the molecule is N#Cc1c(Cl)nc(NC2CCCCC2)c2c1CN(C1CCCCC1)CC2. The van der Waals surface area contributed by atoms with Crippen LogP contribution in [-0.2, 0) is 13.0 Å². The number of nitrogens with one attached hydrogen (secondary N) is 1. The molecular weight excluding hydrogens is 344 g/mol. The lowest BCUT2D eigenvalue weighted by Gasteiger charge is -2.38. The van der Waals surface area contributed by atoms with Gasteiger partial charge in [-0.3, -0.25) is 4.90 Å².